The zero-order valence-corrected chi connectivity index (χ0v) is 20.0. The predicted molar refractivity (Wildman–Crippen MR) is 136 cm³/mol. The number of pyridine rings is 1. The van der Waals surface area contributed by atoms with E-state index in [0.29, 0.717) is 24.5 Å². The Kier molecular flexibility index (Phi) is 5.46. The second kappa shape index (κ2) is 8.81. The molecule has 0 radical (unpaired) electrons. The molecule has 1 fully saturated rings. The average Bonchev–Trinajstić information content (AvgIpc) is 3.62. The van der Waals surface area contributed by atoms with Crippen LogP contribution in [0.4, 0.5) is 0 Å². The summed E-state index contributed by atoms with van der Waals surface area (Å²) in [6.07, 6.45) is 6.61. The number of hydrogen-bond donors (Lipinski definition) is 0. The molecule has 3 aromatic heterocycles. The molecule has 0 amide bonds. The van der Waals surface area contributed by atoms with Crippen molar-refractivity contribution in [1.82, 2.24) is 28.9 Å². The third-order valence-corrected chi connectivity index (χ3v) is 8.22. The van der Waals surface area contributed by atoms with Gasteiger partial charge in [-0.3, -0.25) is 9.78 Å². The molecule has 36 heavy (non-hydrogen) atoms. The van der Waals surface area contributed by atoms with Crippen molar-refractivity contribution in [3.63, 3.8) is 0 Å². The van der Waals surface area contributed by atoms with Gasteiger partial charge in [-0.15, -0.1) is 0 Å². The SMILES string of the molecule is O=c1ccn(-c2cccc(S(=O)(=O)N3CCCC3)c2)nc1-c1ccnn1-c1cccc2ncccc12. The lowest BCUT2D eigenvalue weighted by atomic mass is 10.1. The van der Waals surface area contributed by atoms with Crippen molar-refractivity contribution in [2.75, 3.05) is 13.1 Å². The molecule has 1 aliphatic heterocycles. The van der Waals surface area contributed by atoms with Gasteiger partial charge in [-0.05, 0) is 61.4 Å². The van der Waals surface area contributed by atoms with Crippen LogP contribution in [0.2, 0.25) is 0 Å². The second-order valence-electron chi connectivity index (χ2n) is 8.56. The van der Waals surface area contributed by atoms with Crippen LogP contribution in [-0.4, -0.2) is 50.4 Å². The number of rotatable bonds is 5. The molecule has 180 valence electrons. The largest absolute Gasteiger partial charge is 0.287 e. The molecule has 10 heteroatoms. The van der Waals surface area contributed by atoms with E-state index in [0.717, 1.165) is 29.4 Å². The van der Waals surface area contributed by atoms with Gasteiger partial charge >= 0.3 is 0 Å². The summed E-state index contributed by atoms with van der Waals surface area (Å²) < 4.78 is 30.8. The van der Waals surface area contributed by atoms with Crippen LogP contribution in [0.25, 0.3) is 33.7 Å². The van der Waals surface area contributed by atoms with Crippen molar-refractivity contribution in [2.24, 2.45) is 0 Å². The Hall–Kier alpha value is -4.15. The lowest BCUT2D eigenvalue weighted by Crippen LogP contribution is -2.28. The highest BCUT2D eigenvalue weighted by molar-refractivity contribution is 7.89. The topological polar surface area (TPSA) is 103 Å². The van der Waals surface area contributed by atoms with Gasteiger partial charge in [0.2, 0.25) is 15.5 Å². The van der Waals surface area contributed by atoms with Crippen molar-refractivity contribution in [3.8, 4) is 22.8 Å². The molecule has 2 aromatic carbocycles. The van der Waals surface area contributed by atoms with E-state index in [-0.39, 0.29) is 16.0 Å². The summed E-state index contributed by atoms with van der Waals surface area (Å²) in [7, 11) is -3.58. The van der Waals surface area contributed by atoms with E-state index < -0.39 is 10.0 Å². The van der Waals surface area contributed by atoms with Gasteiger partial charge in [0.1, 0.15) is 0 Å². The number of fused-ring (bicyclic) bond motifs is 1. The summed E-state index contributed by atoms with van der Waals surface area (Å²) in [5.41, 5.74) is 2.57. The number of benzene rings is 2. The van der Waals surface area contributed by atoms with Gasteiger partial charge in [0.25, 0.3) is 0 Å². The summed E-state index contributed by atoms with van der Waals surface area (Å²) in [5.74, 6) is 0. The molecule has 1 saturated heterocycles. The molecule has 0 saturated carbocycles. The van der Waals surface area contributed by atoms with Crippen LogP contribution >= 0.6 is 0 Å². The fourth-order valence-electron chi connectivity index (χ4n) is 4.54. The standard InChI is InChI=1S/C26H22N6O3S/c33-25-12-17-31(19-6-3-7-20(18-19)36(34,35)30-15-1-2-16-30)29-26(25)24-11-14-28-32(24)23-10-4-9-22-21(23)8-5-13-27-22/h3-14,17-18H,1-2,15-16H2. The molecule has 9 nitrogen and oxygen atoms in total. The van der Waals surface area contributed by atoms with Gasteiger partial charge in [-0.25, -0.2) is 17.8 Å². The molecular weight excluding hydrogens is 476 g/mol. The van der Waals surface area contributed by atoms with Gasteiger partial charge in [-0.1, -0.05) is 12.1 Å². The quantitative estimate of drug-likeness (QED) is 0.368. The molecule has 0 aliphatic carbocycles. The van der Waals surface area contributed by atoms with E-state index >= 15 is 0 Å². The highest BCUT2D eigenvalue weighted by Crippen LogP contribution is 2.26. The van der Waals surface area contributed by atoms with Crippen molar-refractivity contribution in [1.29, 1.82) is 0 Å². The Bertz CT molecular complexity index is 1750. The first kappa shape index (κ1) is 22.3. The van der Waals surface area contributed by atoms with Gasteiger partial charge < -0.3 is 0 Å². The summed E-state index contributed by atoms with van der Waals surface area (Å²) in [4.78, 5) is 17.5. The average molecular weight is 499 g/mol. The minimum atomic E-state index is -3.58. The molecule has 6 rings (SSSR count). The van der Waals surface area contributed by atoms with Crippen LogP contribution in [0.15, 0.2) is 95.0 Å². The first-order valence-corrected chi connectivity index (χ1v) is 13.1. The maximum Gasteiger partial charge on any atom is 0.243 e. The summed E-state index contributed by atoms with van der Waals surface area (Å²) in [5, 5.41) is 9.94. The first-order valence-electron chi connectivity index (χ1n) is 11.6. The van der Waals surface area contributed by atoms with Crippen LogP contribution < -0.4 is 5.43 Å². The fourth-order valence-corrected chi connectivity index (χ4v) is 6.10. The van der Waals surface area contributed by atoms with Crippen molar-refractivity contribution in [3.05, 3.63) is 95.5 Å². The third kappa shape index (κ3) is 3.80. The smallest absolute Gasteiger partial charge is 0.243 e. The van der Waals surface area contributed by atoms with E-state index in [2.05, 4.69) is 15.2 Å². The predicted octanol–water partition coefficient (Wildman–Crippen LogP) is 3.42. The molecule has 5 aromatic rings. The summed E-state index contributed by atoms with van der Waals surface area (Å²) in [6.45, 7) is 1.06. The van der Waals surface area contributed by atoms with Crippen molar-refractivity contribution < 1.29 is 8.42 Å². The van der Waals surface area contributed by atoms with Crippen LogP contribution in [0, 0.1) is 0 Å². The molecule has 0 unspecified atom stereocenters. The van der Waals surface area contributed by atoms with Crippen LogP contribution in [0.3, 0.4) is 0 Å². The molecule has 0 bridgehead atoms. The van der Waals surface area contributed by atoms with E-state index in [1.54, 1.807) is 47.4 Å². The Morgan fingerprint density at radius 1 is 0.861 bits per heavy atom. The normalized spacial score (nSPS) is 14.4. The van der Waals surface area contributed by atoms with Crippen LogP contribution in [0.5, 0.6) is 0 Å². The Labute approximate surface area is 207 Å². The third-order valence-electron chi connectivity index (χ3n) is 6.33. The minimum absolute atomic E-state index is 0.198. The van der Waals surface area contributed by atoms with E-state index in [9.17, 15) is 13.2 Å². The second-order valence-corrected chi connectivity index (χ2v) is 10.5. The maximum absolute atomic E-state index is 13.1. The number of sulfonamides is 1. The highest BCUT2D eigenvalue weighted by Gasteiger charge is 2.27. The van der Waals surface area contributed by atoms with Crippen LogP contribution in [0.1, 0.15) is 12.8 Å². The van der Waals surface area contributed by atoms with Gasteiger partial charge in [0.05, 0.1) is 33.7 Å². The van der Waals surface area contributed by atoms with Crippen molar-refractivity contribution >= 4 is 20.9 Å². The van der Waals surface area contributed by atoms with Gasteiger partial charge in [-0.2, -0.15) is 14.5 Å². The molecule has 0 N–H and O–H groups in total. The van der Waals surface area contributed by atoms with E-state index in [4.69, 9.17) is 0 Å². The zero-order chi connectivity index (χ0) is 24.7. The minimum Gasteiger partial charge on any atom is -0.287 e. The Morgan fingerprint density at radius 2 is 1.69 bits per heavy atom. The molecule has 0 atom stereocenters. The maximum atomic E-state index is 13.1. The monoisotopic (exact) mass is 498 g/mol. The molecule has 4 heterocycles. The van der Waals surface area contributed by atoms with Gasteiger partial charge in [0.15, 0.2) is 5.69 Å². The lowest BCUT2D eigenvalue weighted by Gasteiger charge is -2.16. The molecule has 0 spiro atoms. The lowest BCUT2D eigenvalue weighted by molar-refractivity contribution is 0.477. The zero-order valence-electron chi connectivity index (χ0n) is 19.2. The Balaban J connectivity index is 1.44. The summed E-state index contributed by atoms with van der Waals surface area (Å²) >= 11 is 0. The highest BCUT2D eigenvalue weighted by atomic mass is 32.2. The summed E-state index contributed by atoms with van der Waals surface area (Å²) in [6, 6.07) is 19.3. The van der Waals surface area contributed by atoms with Crippen LogP contribution in [-0.2, 0) is 10.0 Å². The van der Waals surface area contributed by atoms with Crippen molar-refractivity contribution in [2.45, 2.75) is 17.7 Å². The van der Waals surface area contributed by atoms with Gasteiger partial charge in [0, 0.05) is 36.9 Å². The first-order chi connectivity index (χ1) is 17.5. The van der Waals surface area contributed by atoms with E-state index in [1.165, 1.54) is 21.3 Å². The van der Waals surface area contributed by atoms with E-state index in [1.807, 2.05) is 30.3 Å². The fraction of sp³-hybridized carbons (Fsp3) is 0.154. The number of nitrogens with zero attached hydrogens (tertiary/aromatic N) is 6. The number of hydrogen-bond acceptors (Lipinski definition) is 6. The Morgan fingerprint density at radius 3 is 2.56 bits per heavy atom. The number of aromatic nitrogens is 5. The molecule has 1 aliphatic rings. The molecular formula is C26H22N6O3S.